The molecule has 3 aromatic rings. The van der Waals surface area contributed by atoms with E-state index in [1.807, 2.05) is 24.3 Å². The van der Waals surface area contributed by atoms with Crippen LogP contribution in [0, 0.1) is 10.6 Å². The van der Waals surface area contributed by atoms with Crippen LogP contribution < -0.4 is 4.74 Å². The molecule has 7 heteroatoms. The van der Waals surface area contributed by atoms with E-state index in [-0.39, 0.29) is 5.82 Å². The predicted molar refractivity (Wildman–Crippen MR) is 107 cm³/mol. The topological polar surface area (TPSA) is 55.2 Å². The van der Waals surface area contributed by atoms with Gasteiger partial charge in [0, 0.05) is 0 Å². The molecule has 0 radical (unpaired) electrons. The Labute approximate surface area is 162 Å². The maximum absolute atomic E-state index is 14.1. The van der Waals surface area contributed by atoms with Gasteiger partial charge in [0.2, 0.25) is 4.77 Å². The number of hydrogen-bond acceptors (Lipinski definition) is 4. The van der Waals surface area contributed by atoms with Gasteiger partial charge in [0.25, 0.3) is 0 Å². The van der Waals surface area contributed by atoms with Gasteiger partial charge in [-0.15, -0.1) is 0 Å². The third-order valence-electron chi connectivity index (χ3n) is 3.98. The quantitative estimate of drug-likeness (QED) is 0.330. The second kappa shape index (κ2) is 9.23. The Morgan fingerprint density at radius 1 is 1.19 bits per heavy atom. The highest BCUT2D eigenvalue weighted by Gasteiger charge is 2.12. The lowest BCUT2D eigenvalue weighted by molar-refractivity contribution is 0.306. The highest BCUT2D eigenvalue weighted by Crippen LogP contribution is 2.20. The lowest BCUT2D eigenvalue weighted by Gasteiger charge is -2.05. The van der Waals surface area contributed by atoms with Crippen molar-refractivity contribution in [1.82, 2.24) is 14.9 Å². The van der Waals surface area contributed by atoms with Gasteiger partial charge in [0.15, 0.2) is 5.82 Å². The van der Waals surface area contributed by atoms with Crippen molar-refractivity contribution < 1.29 is 9.13 Å². The highest BCUT2D eigenvalue weighted by molar-refractivity contribution is 7.71. The zero-order valence-corrected chi connectivity index (χ0v) is 15.9. The number of aromatic amines is 1. The fourth-order valence-electron chi connectivity index (χ4n) is 2.53. The Kier molecular flexibility index (Phi) is 6.49. The fourth-order valence-corrected chi connectivity index (χ4v) is 2.71. The van der Waals surface area contributed by atoms with Crippen LogP contribution in [0.2, 0.25) is 0 Å². The molecule has 0 fully saturated rings. The van der Waals surface area contributed by atoms with Gasteiger partial charge in [-0.3, -0.25) is 0 Å². The summed E-state index contributed by atoms with van der Waals surface area (Å²) in [6.45, 7) is 2.88. The molecule has 0 aliphatic carbocycles. The molecular weight excluding hydrogens is 363 g/mol. The number of H-pyrrole nitrogens is 1. The Morgan fingerprint density at radius 2 is 1.96 bits per heavy atom. The number of halogens is 1. The van der Waals surface area contributed by atoms with Gasteiger partial charge in [-0.05, 0) is 60.6 Å². The summed E-state index contributed by atoms with van der Waals surface area (Å²) in [5, 5.41) is 11.1. The molecule has 1 aromatic heterocycles. The van der Waals surface area contributed by atoms with E-state index in [4.69, 9.17) is 17.0 Å². The van der Waals surface area contributed by atoms with Gasteiger partial charge >= 0.3 is 0 Å². The predicted octanol–water partition coefficient (Wildman–Crippen LogP) is 5.20. The van der Waals surface area contributed by atoms with Crippen molar-refractivity contribution in [1.29, 1.82) is 0 Å². The molecule has 0 spiro atoms. The summed E-state index contributed by atoms with van der Waals surface area (Å²) in [6, 6.07) is 14.0. The van der Waals surface area contributed by atoms with Crippen molar-refractivity contribution in [3.8, 4) is 17.1 Å². The Hall–Kier alpha value is -2.80. The van der Waals surface area contributed by atoms with Crippen LogP contribution in [0.5, 0.6) is 5.75 Å². The van der Waals surface area contributed by atoms with Crippen molar-refractivity contribution in [3.05, 3.63) is 64.7 Å². The highest BCUT2D eigenvalue weighted by atomic mass is 32.1. The fraction of sp³-hybridized carbons (Fsp3) is 0.250. The van der Waals surface area contributed by atoms with Crippen LogP contribution in [-0.2, 0) is 0 Å². The Morgan fingerprint density at radius 3 is 2.70 bits per heavy atom. The van der Waals surface area contributed by atoms with Gasteiger partial charge in [-0.1, -0.05) is 31.9 Å². The number of ether oxygens (including phenoxy) is 1. The van der Waals surface area contributed by atoms with E-state index in [9.17, 15) is 4.39 Å². The summed E-state index contributed by atoms with van der Waals surface area (Å²) in [7, 11) is 0. The van der Waals surface area contributed by atoms with Gasteiger partial charge in [-0.2, -0.15) is 14.9 Å². The van der Waals surface area contributed by atoms with E-state index in [0.717, 1.165) is 24.3 Å². The Balaban J connectivity index is 1.74. The number of rotatable bonds is 8. The number of benzene rings is 2. The zero-order valence-electron chi connectivity index (χ0n) is 15.1. The maximum Gasteiger partial charge on any atom is 0.216 e. The summed E-state index contributed by atoms with van der Waals surface area (Å²) in [5.74, 6) is 0.771. The second-order valence-electron chi connectivity index (χ2n) is 6.01. The van der Waals surface area contributed by atoms with E-state index < -0.39 is 0 Å². The monoisotopic (exact) mass is 384 g/mol. The van der Waals surface area contributed by atoms with E-state index >= 15 is 0 Å². The number of nitrogens with zero attached hydrogens (tertiary/aromatic N) is 3. The normalized spacial score (nSPS) is 11.2. The molecule has 1 heterocycles. The average Bonchev–Trinajstić information content (AvgIpc) is 3.05. The lowest BCUT2D eigenvalue weighted by Crippen LogP contribution is -1.98. The summed E-state index contributed by atoms with van der Waals surface area (Å²) >= 11 is 5.21. The summed E-state index contributed by atoms with van der Waals surface area (Å²) in [5.41, 5.74) is 1.20. The average molecular weight is 384 g/mol. The third kappa shape index (κ3) is 4.89. The van der Waals surface area contributed by atoms with Crippen LogP contribution in [0.25, 0.3) is 11.4 Å². The first kappa shape index (κ1) is 19.0. The van der Waals surface area contributed by atoms with Crippen LogP contribution in [0.4, 0.5) is 4.39 Å². The minimum atomic E-state index is -0.382. The second-order valence-corrected chi connectivity index (χ2v) is 6.40. The van der Waals surface area contributed by atoms with Gasteiger partial charge in [-0.25, -0.2) is 9.49 Å². The van der Waals surface area contributed by atoms with Gasteiger partial charge in [0.05, 0.1) is 18.4 Å². The molecule has 0 unspecified atom stereocenters. The maximum atomic E-state index is 14.1. The smallest absolute Gasteiger partial charge is 0.216 e. The van der Waals surface area contributed by atoms with E-state index in [0.29, 0.717) is 16.2 Å². The number of aromatic nitrogens is 3. The zero-order chi connectivity index (χ0) is 19.1. The standard InChI is InChI=1S/C20H21FN4OS/c1-2-3-6-13-26-16-11-9-15(10-12-16)14-22-25-19(23-24-20(25)27)17-7-4-5-8-18(17)21/h4-5,7-12,14H,2-3,6,13H2,1H3,(H,24,27)/b22-14+. The minimum Gasteiger partial charge on any atom is -0.494 e. The van der Waals surface area contributed by atoms with Crippen molar-refractivity contribution in [2.24, 2.45) is 5.10 Å². The molecule has 0 aliphatic heterocycles. The summed E-state index contributed by atoms with van der Waals surface area (Å²) in [6.07, 6.45) is 5.04. The minimum absolute atomic E-state index is 0.292. The summed E-state index contributed by atoms with van der Waals surface area (Å²) in [4.78, 5) is 0. The largest absolute Gasteiger partial charge is 0.494 e. The molecule has 27 heavy (non-hydrogen) atoms. The molecule has 0 bridgehead atoms. The molecule has 2 aromatic carbocycles. The van der Waals surface area contributed by atoms with Crippen molar-refractivity contribution in [3.63, 3.8) is 0 Å². The molecule has 0 atom stereocenters. The Bertz CT molecular complexity index is 963. The van der Waals surface area contributed by atoms with Crippen LogP contribution >= 0.6 is 12.2 Å². The summed E-state index contributed by atoms with van der Waals surface area (Å²) < 4.78 is 21.5. The SMILES string of the molecule is CCCCCOc1ccc(/C=N/n2c(-c3ccccc3F)n[nH]c2=S)cc1. The van der Waals surface area contributed by atoms with Gasteiger partial charge in [0.1, 0.15) is 11.6 Å². The number of hydrogen-bond donors (Lipinski definition) is 1. The molecule has 140 valence electrons. The van der Waals surface area contributed by atoms with Gasteiger partial charge < -0.3 is 4.74 Å². The number of nitrogens with one attached hydrogen (secondary N) is 1. The van der Waals surface area contributed by atoms with Crippen LogP contribution in [-0.4, -0.2) is 27.7 Å². The van der Waals surface area contributed by atoms with Crippen molar-refractivity contribution in [2.75, 3.05) is 6.61 Å². The van der Waals surface area contributed by atoms with E-state index in [1.54, 1.807) is 24.4 Å². The molecule has 3 rings (SSSR count). The van der Waals surface area contributed by atoms with Crippen LogP contribution in [0.1, 0.15) is 31.7 Å². The van der Waals surface area contributed by atoms with E-state index in [2.05, 4.69) is 22.2 Å². The molecule has 0 aliphatic rings. The molecule has 0 saturated carbocycles. The van der Waals surface area contributed by atoms with Crippen molar-refractivity contribution in [2.45, 2.75) is 26.2 Å². The molecular formula is C20H21FN4OS. The third-order valence-corrected chi connectivity index (χ3v) is 4.25. The first-order valence-electron chi connectivity index (χ1n) is 8.88. The van der Waals surface area contributed by atoms with E-state index in [1.165, 1.54) is 23.6 Å². The van der Waals surface area contributed by atoms with Crippen LogP contribution in [0.15, 0.2) is 53.6 Å². The van der Waals surface area contributed by atoms with Crippen LogP contribution in [0.3, 0.4) is 0 Å². The number of unbranched alkanes of at least 4 members (excludes halogenated alkanes) is 2. The first-order valence-corrected chi connectivity index (χ1v) is 9.29. The molecule has 0 amide bonds. The van der Waals surface area contributed by atoms with Crippen molar-refractivity contribution >= 4 is 18.4 Å². The molecule has 5 nitrogen and oxygen atoms in total. The lowest BCUT2D eigenvalue weighted by atomic mass is 10.2. The first-order chi connectivity index (χ1) is 13.2. The molecule has 1 N–H and O–H groups in total. The molecule has 0 saturated heterocycles.